The molecule has 3 aromatic carbocycles. The van der Waals surface area contributed by atoms with Crippen molar-refractivity contribution in [3.63, 3.8) is 0 Å². The molecule has 6 nitrogen and oxygen atoms in total. The van der Waals surface area contributed by atoms with Crippen LogP contribution < -0.4 is 19.8 Å². The molecule has 0 atom stereocenters. The number of hydrogen-bond acceptors (Lipinski definition) is 6. The van der Waals surface area contributed by atoms with Crippen LogP contribution in [0.25, 0.3) is 22.1 Å². The van der Waals surface area contributed by atoms with Gasteiger partial charge in [0.15, 0.2) is 11.5 Å². The van der Waals surface area contributed by atoms with E-state index in [1.165, 1.54) is 7.11 Å². The Bertz CT molecular complexity index is 1380. The van der Waals surface area contributed by atoms with Crippen molar-refractivity contribution < 1.29 is 23.4 Å². The van der Waals surface area contributed by atoms with Crippen LogP contribution in [0.15, 0.2) is 69.9 Å². The number of carbonyl (C=O) groups excluding carboxylic acids is 1. The van der Waals surface area contributed by atoms with E-state index >= 15 is 0 Å². The number of esters is 1. The lowest BCUT2D eigenvalue weighted by atomic mass is 9.99. The highest BCUT2D eigenvalue weighted by atomic mass is 16.5. The number of fused-ring (bicyclic) bond motifs is 1. The van der Waals surface area contributed by atoms with Crippen LogP contribution in [0.2, 0.25) is 0 Å². The summed E-state index contributed by atoms with van der Waals surface area (Å²) in [5.41, 5.74) is 3.10. The van der Waals surface area contributed by atoms with Crippen LogP contribution in [-0.4, -0.2) is 20.2 Å². The van der Waals surface area contributed by atoms with Gasteiger partial charge in [-0.1, -0.05) is 23.8 Å². The first-order chi connectivity index (χ1) is 15.4. The number of ether oxygens (including phenoxy) is 3. The third-order valence-corrected chi connectivity index (χ3v) is 5.28. The minimum Gasteiger partial charge on any atom is -0.493 e. The fourth-order valence-corrected chi connectivity index (χ4v) is 3.66. The van der Waals surface area contributed by atoms with E-state index in [1.807, 2.05) is 19.9 Å². The quantitative estimate of drug-likeness (QED) is 0.243. The predicted octanol–water partition coefficient (Wildman–Crippen LogP) is 5.31. The molecule has 0 unspecified atom stereocenters. The van der Waals surface area contributed by atoms with Gasteiger partial charge in [-0.25, -0.2) is 9.59 Å². The molecule has 32 heavy (non-hydrogen) atoms. The van der Waals surface area contributed by atoms with Gasteiger partial charge in [0.05, 0.1) is 25.3 Å². The Morgan fingerprint density at radius 3 is 2.38 bits per heavy atom. The van der Waals surface area contributed by atoms with E-state index in [-0.39, 0.29) is 0 Å². The highest BCUT2D eigenvalue weighted by molar-refractivity contribution is 5.92. The van der Waals surface area contributed by atoms with Crippen molar-refractivity contribution in [3.05, 3.63) is 87.8 Å². The smallest absolute Gasteiger partial charge is 0.344 e. The zero-order valence-corrected chi connectivity index (χ0v) is 18.2. The van der Waals surface area contributed by atoms with Gasteiger partial charge in [-0.15, -0.1) is 0 Å². The fraction of sp³-hybridized carbons (Fsp3) is 0.154. The summed E-state index contributed by atoms with van der Waals surface area (Å²) < 4.78 is 21.7. The second-order valence-electron chi connectivity index (χ2n) is 7.38. The Hall–Kier alpha value is -4.06. The summed E-state index contributed by atoms with van der Waals surface area (Å²) in [5, 5.41) is 0.740. The molecule has 1 aromatic heterocycles. The molecule has 0 N–H and O–H groups in total. The first-order valence-electron chi connectivity index (χ1n) is 10.00. The average molecular weight is 430 g/mol. The standard InChI is InChI=1S/C26H22O6/c1-15-6-5-7-18(12-15)25(27)31-19-9-10-20-16(2)24(26(28)32-22(20)14-19)17-8-11-21(29-3)23(13-17)30-4/h5-14H,1-4H3. The van der Waals surface area contributed by atoms with Crippen molar-refractivity contribution >= 4 is 16.9 Å². The van der Waals surface area contributed by atoms with Gasteiger partial charge in [-0.3, -0.25) is 0 Å². The first kappa shape index (κ1) is 21.2. The molecular weight excluding hydrogens is 408 g/mol. The molecule has 0 aliphatic heterocycles. The maximum Gasteiger partial charge on any atom is 0.344 e. The predicted molar refractivity (Wildman–Crippen MR) is 122 cm³/mol. The molecule has 0 saturated heterocycles. The van der Waals surface area contributed by atoms with Crippen LogP contribution in [0.4, 0.5) is 0 Å². The summed E-state index contributed by atoms with van der Waals surface area (Å²) in [5.74, 6) is 0.904. The molecule has 4 aromatic rings. The number of aryl methyl sites for hydroxylation is 2. The summed E-state index contributed by atoms with van der Waals surface area (Å²) in [6, 6.07) is 17.4. The van der Waals surface area contributed by atoms with Crippen LogP contribution in [0.5, 0.6) is 17.2 Å². The number of hydrogen-bond donors (Lipinski definition) is 0. The lowest BCUT2D eigenvalue weighted by Gasteiger charge is -2.12. The van der Waals surface area contributed by atoms with Gasteiger partial charge in [0.2, 0.25) is 0 Å². The minimum atomic E-state index is -0.496. The van der Waals surface area contributed by atoms with Gasteiger partial charge in [-0.05, 0) is 61.4 Å². The van der Waals surface area contributed by atoms with Crippen LogP contribution in [0.1, 0.15) is 21.5 Å². The Kier molecular flexibility index (Phi) is 5.69. The van der Waals surface area contributed by atoms with Crippen molar-refractivity contribution in [2.75, 3.05) is 14.2 Å². The molecule has 4 rings (SSSR count). The monoisotopic (exact) mass is 430 g/mol. The second kappa shape index (κ2) is 8.59. The first-order valence-corrected chi connectivity index (χ1v) is 10.00. The molecule has 0 radical (unpaired) electrons. The SMILES string of the molecule is COc1ccc(-c2c(C)c3ccc(OC(=O)c4cccc(C)c4)cc3oc2=O)cc1OC. The van der Waals surface area contributed by atoms with Gasteiger partial charge in [-0.2, -0.15) is 0 Å². The topological polar surface area (TPSA) is 75.0 Å². The van der Waals surface area contributed by atoms with Crippen LogP contribution in [0, 0.1) is 13.8 Å². The molecule has 0 saturated carbocycles. The van der Waals surface area contributed by atoms with Gasteiger partial charge >= 0.3 is 11.6 Å². The molecular formula is C26H22O6. The number of carbonyl (C=O) groups is 1. The van der Waals surface area contributed by atoms with Crippen LogP contribution in [-0.2, 0) is 0 Å². The Labute approximate surface area is 185 Å². The van der Waals surface area contributed by atoms with E-state index in [0.717, 1.165) is 16.5 Å². The van der Waals surface area contributed by atoms with Gasteiger partial charge in [0.1, 0.15) is 11.3 Å². The van der Waals surface area contributed by atoms with E-state index in [2.05, 4.69) is 0 Å². The van der Waals surface area contributed by atoms with Crippen molar-refractivity contribution in [1.29, 1.82) is 0 Å². The van der Waals surface area contributed by atoms with Crippen molar-refractivity contribution in [1.82, 2.24) is 0 Å². The maximum atomic E-state index is 12.9. The largest absolute Gasteiger partial charge is 0.493 e. The summed E-state index contributed by atoms with van der Waals surface area (Å²) in [6.45, 7) is 3.75. The number of benzene rings is 3. The number of rotatable bonds is 5. The van der Waals surface area contributed by atoms with E-state index < -0.39 is 11.6 Å². The summed E-state index contributed by atoms with van der Waals surface area (Å²) in [7, 11) is 3.09. The minimum absolute atomic E-state index is 0.297. The molecule has 0 aliphatic carbocycles. The average Bonchev–Trinajstić information content (AvgIpc) is 2.78. The van der Waals surface area contributed by atoms with Crippen LogP contribution in [0.3, 0.4) is 0 Å². The molecule has 162 valence electrons. The summed E-state index contributed by atoms with van der Waals surface area (Å²) in [6.07, 6.45) is 0. The third kappa shape index (κ3) is 3.95. The molecule has 0 aliphatic rings. The van der Waals surface area contributed by atoms with Gasteiger partial charge in [0.25, 0.3) is 0 Å². The summed E-state index contributed by atoms with van der Waals surface area (Å²) in [4.78, 5) is 25.3. The normalized spacial score (nSPS) is 10.8. The van der Waals surface area contributed by atoms with Crippen LogP contribution >= 0.6 is 0 Å². The molecule has 0 amide bonds. The maximum absolute atomic E-state index is 12.9. The lowest BCUT2D eigenvalue weighted by molar-refractivity contribution is 0.0735. The van der Waals surface area contributed by atoms with E-state index in [0.29, 0.717) is 39.5 Å². The van der Waals surface area contributed by atoms with Gasteiger partial charge < -0.3 is 18.6 Å². The molecule has 0 spiro atoms. The van der Waals surface area contributed by atoms with E-state index in [4.69, 9.17) is 18.6 Å². The highest BCUT2D eigenvalue weighted by Crippen LogP contribution is 2.34. The van der Waals surface area contributed by atoms with E-state index in [9.17, 15) is 9.59 Å². The second-order valence-corrected chi connectivity index (χ2v) is 7.38. The summed E-state index contributed by atoms with van der Waals surface area (Å²) >= 11 is 0. The molecule has 0 bridgehead atoms. The Balaban J connectivity index is 1.72. The molecule has 0 fully saturated rings. The van der Waals surface area contributed by atoms with Crippen molar-refractivity contribution in [2.24, 2.45) is 0 Å². The molecule has 6 heteroatoms. The lowest BCUT2D eigenvalue weighted by Crippen LogP contribution is -2.09. The van der Waals surface area contributed by atoms with Crippen molar-refractivity contribution in [2.45, 2.75) is 13.8 Å². The van der Waals surface area contributed by atoms with Crippen molar-refractivity contribution in [3.8, 4) is 28.4 Å². The highest BCUT2D eigenvalue weighted by Gasteiger charge is 2.17. The Morgan fingerprint density at radius 2 is 1.66 bits per heavy atom. The Morgan fingerprint density at radius 1 is 0.875 bits per heavy atom. The third-order valence-electron chi connectivity index (χ3n) is 5.28. The number of methoxy groups -OCH3 is 2. The fourth-order valence-electron chi connectivity index (χ4n) is 3.66. The van der Waals surface area contributed by atoms with E-state index in [1.54, 1.807) is 61.7 Å². The van der Waals surface area contributed by atoms with Gasteiger partial charge in [0, 0.05) is 11.5 Å². The molecule has 1 heterocycles. The zero-order chi connectivity index (χ0) is 22.8. The zero-order valence-electron chi connectivity index (χ0n) is 18.2.